The van der Waals surface area contributed by atoms with E-state index in [4.69, 9.17) is 0 Å². The van der Waals surface area contributed by atoms with Gasteiger partial charge in [0.15, 0.2) is 0 Å². The maximum atomic E-state index is 12.0. The summed E-state index contributed by atoms with van der Waals surface area (Å²) in [5.74, 6) is -0.147. The number of carbonyl (C=O) groups is 1. The molecule has 0 saturated heterocycles. The molecule has 4 nitrogen and oxygen atoms in total. The van der Waals surface area contributed by atoms with Crippen molar-refractivity contribution in [1.29, 1.82) is 0 Å². The quantitative estimate of drug-likeness (QED) is 0.682. The second-order valence-corrected chi connectivity index (χ2v) is 7.10. The van der Waals surface area contributed by atoms with Crippen LogP contribution in [0.15, 0.2) is 28.7 Å². The average Bonchev–Trinajstić information content (AvgIpc) is 2.36. The first kappa shape index (κ1) is 15.7. The van der Waals surface area contributed by atoms with Crippen LogP contribution in [0.1, 0.15) is 43.6 Å². The van der Waals surface area contributed by atoms with Crippen LogP contribution in [0.5, 0.6) is 0 Å². The molecule has 1 N–H and O–H groups in total. The summed E-state index contributed by atoms with van der Waals surface area (Å²) in [6, 6.07) is 7.12. The summed E-state index contributed by atoms with van der Waals surface area (Å²) in [4.78, 5) is 11.6. The van der Waals surface area contributed by atoms with Crippen molar-refractivity contribution < 1.29 is 9.35 Å². The van der Waals surface area contributed by atoms with Gasteiger partial charge in [-0.3, -0.25) is 4.79 Å². The van der Waals surface area contributed by atoms with E-state index in [1.807, 2.05) is 26.8 Å². The zero-order valence-electron chi connectivity index (χ0n) is 12.0. The van der Waals surface area contributed by atoms with Gasteiger partial charge < -0.3 is 9.87 Å². The Labute approximate surface area is 117 Å². The van der Waals surface area contributed by atoms with Crippen molar-refractivity contribution in [3.8, 4) is 0 Å². The first-order valence-electron chi connectivity index (χ1n) is 6.05. The molecule has 104 valence electrons. The number of hydrogen-bond donors (Lipinski definition) is 1. The Morgan fingerprint density at radius 1 is 1.32 bits per heavy atom. The number of carbonyl (C=O) groups excluding carboxylic acids is 1. The third kappa shape index (κ3) is 4.36. The highest BCUT2D eigenvalue weighted by Gasteiger charge is 2.26. The second kappa shape index (κ2) is 6.21. The molecule has 1 amide bonds. The van der Waals surface area contributed by atoms with Crippen molar-refractivity contribution in [3.63, 3.8) is 0 Å². The van der Waals surface area contributed by atoms with Gasteiger partial charge >= 0.3 is 0 Å². The fourth-order valence-corrected chi connectivity index (χ4v) is 1.97. The summed E-state index contributed by atoms with van der Waals surface area (Å²) in [7, 11) is 1.59. The topological polar surface area (TPSA) is 64.5 Å². The van der Waals surface area contributed by atoms with Gasteiger partial charge in [0.1, 0.15) is 16.1 Å². The van der Waals surface area contributed by atoms with E-state index in [0.717, 1.165) is 5.56 Å². The zero-order valence-corrected chi connectivity index (χ0v) is 12.8. The van der Waals surface area contributed by atoms with Crippen LogP contribution in [0.25, 0.3) is 0 Å². The molecule has 1 atom stereocenters. The van der Waals surface area contributed by atoms with E-state index >= 15 is 0 Å². The van der Waals surface area contributed by atoms with Gasteiger partial charge in [-0.1, -0.05) is 16.5 Å². The predicted octanol–water partition coefficient (Wildman–Crippen LogP) is 2.32. The first-order chi connectivity index (χ1) is 8.75. The summed E-state index contributed by atoms with van der Waals surface area (Å²) in [6.45, 7) is 7.43. The molecule has 0 spiro atoms. The van der Waals surface area contributed by atoms with E-state index in [-0.39, 0.29) is 10.7 Å². The standard InChI is InChI=1S/C14H20N2O2S/c1-10(16-19(18)14(2,3)4)11-7-6-8-12(9-11)13(17)15-5/h6-9H,1-5H3,(H,15,17). The lowest BCUT2D eigenvalue weighted by Gasteiger charge is -2.18. The van der Waals surface area contributed by atoms with Crippen molar-refractivity contribution in [3.05, 3.63) is 35.4 Å². The van der Waals surface area contributed by atoms with Gasteiger partial charge in [-0.15, -0.1) is 0 Å². The normalized spacial score (nSPS) is 14.1. The number of rotatable bonds is 3. The van der Waals surface area contributed by atoms with Crippen LogP contribution in [-0.4, -0.2) is 28.0 Å². The first-order valence-corrected chi connectivity index (χ1v) is 7.16. The molecule has 1 aromatic rings. The van der Waals surface area contributed by atoms with E-state index in [1.165, 1.54) is 0 Å². The number of nitrogens with zero attached hydrogens (tertiary/aromatic N) is 1. The molecule has 1 rings (SSSR count). The van der Waals surface area contributed by atoms with Crippen LogP contribution < -0.4 is 5.32 Å². The van der Waals surface area contributed by atoms with E-state index in [0.29, 0.717) is 11.3 Å². The van der Waals surface area contributed by atoms with Crippen molar-refractivity contribution in [2.24, 2.45) is 4.40 Å². The number of benzene rings is 1. The maximum Gasteiger partial charge on any atom is 0.251 e. The van der Waals surface area contributed by atoms with Crippen molar-refractivity contribution in [2.75, 3.05) is 7.05 Å². The Balaban J connectivity index is 3.03. The molecule has 0 fully saturated rings. The Hall–Kier alpha value is -1.33. The molecule has 1 unspecified atom stereocenters. The highest BCUT2D eigenvalue weighted by atomic mass is 32.2. The van der Waals surface area contributed by atoms with E-state index in [9.17, 15) is 9.35 Å². The van der Waals surface area contributed by atoms with Crippen LogP contribution in [0.2, 0.25) is 0 Å². The molecule has 0 aromatic heterocycles. The molecule has 1 aromatic carbocycles. The minimum atomic E-state index is -1.30. The fraction of sp³-hybridized carbons (Fsp3) is 0.429. The smallest absolute Gasteiger partial charge is 0.251 e. The summed E-state index contributed by atoms with van der Waals surface area (Å²) >= 11 is -1.30. The minimum absolute atomic E-state index is 0.147. The number of hydrogen-bond acceptors (Lipinski definition) is 3. The molecule has 19 heavy (non-hydrogen) atoms. The number of nitrogens with one attached hydrogen (secondary N) is 1. The molecule has 0 aliphatic heterocycles. The van der Waals surface area contributed by atoms with Crippen LogP contribution in [0, 0.1) is 0 Å². The van der Waals surface area contributed by atoms with Crippen molar-refractivity contribution in [1.82, 2.24) is 5.32 Å². The largest absolute Gasteiger partial charge is 0.591 e. The van der Waals surface area contributed by atoms with Crippen LogP contribution >= 0.6 is 0 Å². The molecule has 0 heterocycles. The Morgan fingerprint density at radius 3 is 2.42 bits per heavy atom. The molecular formula is C14H20N2O2S. The average molecular weight is 280 g/mol. The van der Waals surface area contributed by atoms with Gasteiger partial charge in [0, 0.05) is 18.2 Å². The molecular weight excluding hydrogens is 260 g/mol. The lowest BCUT2D eigenvalue weighted by atomic mass is 10.1. The van der Waals surface area contributed by atoms with E-state index in [1.54, 1.807) is 32.2 Å². The fourth-order valence-electron chi connectivity index (χ4n) is 1.34. The highest BCUT2D eigenvalue weighted by molar-refractivity contribution is 7.91. The van der Waals surface area contributed by atoms with Crippen LogP contribution in [0.4, 0.5) is 0 Å². The monoisotopic (exact) mass is 280 g/mol. The van der Waals surface area contributed by atoms with Crippen molar-refractivity contribution >= 4 is 23.0 Å². The summed E-state index contributed by atoms with van der Waals surface area (Å²) in [5.41, 5.74) is 2.04. The summed E-state index contributed by atoms with van der Waals surface area (Å²) < 4.78 is 15.8. The number of amides is 1. The van der Waals surface area contributed by atoms with Crippen LogP contribution in [-0.2, 0) is 11.4 Å². The molecule has 0 aliphatic rings. The van der Waals surface area contributed by atoms with Gasteiger partial charge in [0.05, 0.1) is 5.71 Å². The van der Waals surface area contributed by atoms with Gasteiger partial charge in [0.2, 0.25) is 0 Å². The van der Waals surface area contributed by atoms with E-state index in [2.05, 4.69) is 9.71 Å². The Kier molecular flexibility index (Phi) is 5.14. The molecule has 0 saturated carbocycles. The van der Waals surface area contributed by atoms with Gasteiger partial charge in [-0.25, -0.2) is 0 Å². The minimum Gasteiger partial charge on any atom is -0.591 e. The molecule has 0 bridgehead atoms. The lowest BCUT2D eigenvalue weighted by Crippen LogP contribution is -2.26. The maximum absolute atomic E-state index is 12.0. The van der Waals surface area contributed by atoms with Crippen LogP contribution in [0.3, 0.4) is 0 Å². The Bertz CT molecular complexity index is 492. The summed E-state index contributed by atoms with van der Waals surface area (Å²) in [6.07, 6.45) is 0. The van der Waals surface area contributed by atoms with Gasteiger partial charge in [-0.2, -0.15) is 0 Å². The predicted molar refractivity (Wildman–Crippen MR) is 79.9 cm³/mol. The zero-order chi connectivity index (χ0) is 14.6. The highest BCUT2D eigenvalue weighted by Crippen LogP contribution is 2.18. The van der Waals surface area contributed by atoms with Gasteiger partial charge in [-0.05, 0) is 39.8 Å². The van der Waals surface area contributed by atoms with Gasteiger partial charge in [0.25, 0.3) is 5.91 Å². The summed E-state index contributed by atoms with van der Waals surface area (Å²) in [5, 5.41) is 2.57. The lowest BCUT2D eigenvalue weighted by molar-refractivity contribution is 0.0963. The van der Waals surface area contributed by atoms with E-state index < -0.39 is 11.4 Å². The molecule has 0 aliphatic carbocycles. The SMILES string of the molecule is CNC(=O)c1cccc(C(C)=N[S+]([O-])C(C)(C)C)c1. The third-order valence-corrected chi connectivity index (χ3v) is 4.00. The Morgan fingerprint density at radius 2 is 1.89 bits per heavy atom. The molecule has 0 radical (unpaired) electrons. The molecule has 5 heteroatoms. The third-order valence-electron chi connectivity index (χ3n) is 2.51. The second-order valence-electron chi connectivity index (χ2n) is 5.20. The van der Waals surface area contributed by atoms with Crippen molar-refractivity contribution in [2.45, 2.75) is 32.4 Å².